The molecular formula is C24H20FN7O. The standard InChI is InChI=1S/C24H20FN7O/c1-13-9-10-28-24(31-13)33-16-7-8-17(18(25)11-16)19-20-22(27)29-12-30-23(20)32(2)21(19)14-3-5-15(26)6-4-14/h3-12H,26H2,1-2H3,(H2,27,29,30). The van der Waals surface area contributed by atoms with Crippen LogP contribution < -0.4 is 16.2 Å². The molecule has 164 valence electrons. The quantitative estimate of drug-likeness (QED) is 0.394. The Morgan fingerprint density at radius 2 is 1.76 bits per heavy atom. The number of fused-ring (bicyclic) bond motifs is 1. The molecule has 0 fully saturated rings. The molecule has 0 unspecified atom stereocenters. The van der Waals surface area contributed by atoms with Crippen molar-refractivity contribution in [2.75, 3.05) is 11.5 Å². The molecule has 5 aromatic rings. The van der Waals surface area contributed by atoms with E-state index in [1.807, 2.05) is 30.7 Å². The number of aryl methyl sites for hydroxylation is 2. The minimum Gasteiger partial charge on any atom is -0.424 e. The summed E-state index contributed by atoms with van der Waals surface area (Å²) in [5.74, 6) is 0.0492. The molecule has 4 N–H and O–H groups in total. The molecule has 0 saturated heterocycles. The van der Waals surface area contributed by atoms with E-state index in [1.165, 1.54) is 12.4 Å². The van der Waals surface area contributed by atoms with Crippen LogP contribution in [-0.4, -0.2) is 24.5 Å². The molecule has 0 amide bonds. The number of ether oxygens (including phenoxy) is 1. The van der Waals surface area contributed by atoms with E-state index < -0.39 is 5.82 Å². The first-order valence-electron chi connectivity index (χ1n) is 10.1. The van der Waals surface area contributed by atoms with Gasteiger partial charge in [-0.05, 0) is 42.8 Å². The maximum Gasteiger partial charge on any atom is 0.322 e. The van der Waals surface area contributed by atoms with Gasteiger partial charge in [0.05, 0.1) is 11.1 Å². The van der Waals surface area contributed by atoms with Gasteiger partial charge in [0.15, 0.2) is 0 Å². The van der Waals surface area contributed by atoms with Gasteiger partial charge >= 0.3 is 6.01 Å². The Morgan fingerprint density at radius 1 is 0.970 bits per heavy atom. The van der Waals surface area contributed by atoms with E-state index in [4.69, 9.17) is 16.2 Å². The van der Waals surface area contributed by atoms with Gasteiger partial charge in [0.25, 0.3) is 0 Å². The highest BCUT2D eigenvalue weighted by Crippen LogP contribution is 2.43. The van der Waals surface area contributed by atoms with Gasteiger partial charge in [0.1, 0.15) is 29.4 Å². The lowest BCUT2D eigenvalue weighted by Crippen LogP contribution is -1.96. The minimum absolute atomic E-state index is 0.146. The van der Waals surface area contributed by atoms with Crippen LogP contribution in [0.1, 0.15) is 5.69 Å². The van der Waals surface area contributed by atoms with E-state index in [1.54, 1.807) is 36.5 Å². The number of nitrogens with zero attached hydrogens (tertiary/aromatic N) is 5. The van der Waals surface area contributed by atoms with Crippen molar-refractivity contribution in [1.82, 2.24) is 24.5 Å². The number of nitrogen functional groups attached to an aromatic ring is 2. The van der Waals surface area contributed by atoms with Crippen LogP contribution in [0.3, 0.4) is 0 Å². The summed E-state index contributed by atoms with van der Waals surface area (Å²) < 4.78 is 23.0. The van der Waals surface area contributed by atoms with Crippen LogP contribution in [0.15, 0.2) is 61.1 Å². The van der Waals surface area contributed by atoms with Crippen molar-refractivity contribution >= 4 is 22.5 Å². The third-order valence-electron chi connectivity index (χ3n) is 5.37. The molecule has 33 heavy (non-hydrogen) atoms. The molecule has 0 aliphatic heterocycles. The molecule has 0 bridgehead atoms. The number of hydrogen-bond donors (Lipinski definition) is 2. The smallest absolute Gasteiger partial charge is 0.322 e. The van der Waals surface area contributed by atoms with Gasteiger partial charge in [0.2, 0.25) is 0 Å². The topological polar surface area (TPSA) is 118 Å². The van der Waals surface area contributed by atoms with Crippen molar-refractivity contribution in [3.63, 3.8) is 0 Å². The highest BCUT2D eigenvalue weighted by molar-refractivity contribution is 6.07. The Morgan fingerprint density at radius 3 is 2.48 bits per heavy atom. The number of hydrogen-bond acceptors (Lipinski definition) is 7. The summed E-state index contributed by atoms with van der Waals surface area (Å²) in [6, 6.07) is 13.8. The zero-order valence-electron chi connectivity index (χ0n) is 18.0. The van der Waals surface area contributed by atoms with Crippen molar-refractivity contribution in [1.29, 1.82) is 0 Å². The molecule has 2 aromatic carbocycles. The minimum atomic E-state index is -0.493. The Labute approximate surface area is 188 Å². The van der Waals surface area contributed by atoms with Crippen LogP contribution in [0.2, 0.25) is 0 Å². The highest BCUT2D eigenvalue weighted by Gasteiger charge is 2.24. The van der Waals surface area contributed by atoms with Gasteiger partial charge in [-0.25, -0.2) is 24.3 Å². The Balaban J connectivity index is 1.69. The van der Waals surface area contributed by atoms with E-state index in [0.717, 1.165) is 17.0 Å². The Hall–Kier alpha value is -4.53. The zero-order valence-corrected chi connectivity index (χ0v) is 18.0. The van der Waals surface area contributed by atoms with Gasteiger partial charge < -0.3 is 20.8 Å². The number of anilines is 2. The van der Waals surface area contributed by atoms with Crippen molar-refractivity contribution in [3.8, 4) is 34.1 Å². The fourth-order valence-electron chi connectivity index (χ4n) is 3.86. The van der Waals surface area contributed by atoms with E-state index in [9.17, 15) is 0 Å². The third-order valence-corrected chi connectivity index (χ3v) is 5.37. The number of nitrogens with two attached hydrogens (primary N) is 2. The van der Waals surface area contributed by atoms with Crippen molar-refractivity contribution < 1.29 is 9.13 Å². The van der Waals surface area contributed by atoms with Crippen molar-refractivity contribution in [2.24, 2.45) is 7.05 Å². The normalized spacial score (nSPS) is 11.1. The van der Waals surface area contributed by atoms with Crippen LogP contribution in [0, 0.1) is 12.7 Å². The molecule has 3 heterocycles. The van der Waals surface area contributed by atoms with E-state index >= 15 is 4.39 Å². The average Bonchev–Trinajstić information content (AvgIpc) is 3.08. The Bertz CT molecular complexity index is 1500. The third kappa shape index (κ3) is 3.59. The molecule has 0 saturated carbocycles. The molecule has 9 heteroatoms. The van der Waals surface area contributed by atoms with Gasteiger partial charge in [-0.3, -0.25) is 0 Å². The van der Waals surface area contributed by atoms with Crippen molar-refractivity contribution in [3.05, 3.63) is 72.6 Å². The predicted molar refractivity (Wildman–Crippen MR) is 125 cm³/mol. The fraction of sp³-hybridized carbons (Fsp3) is 0.0833. The lowest BCUT2D eigenvalue weighted by Gasteiger charge is -2.11. The second kappa shape index (κ2) is 7.86. The maximum absolute atomic E-state index is 15.5. The van der Waals surface area contributed by atoms with E-state index in [2.05, 4.69) is 19.9 Å². The lowest BCUT2D eigenvalue weighted by molar-refractivity contribution is 0.436. The van der Waals surface area contributed by atoms with Crippen molar-refractivity contribution in [2.45, 2.75) is 6.92 Å². The predicted octanol–water partition coefficient (Wildman–Crippen LogP) is 4.50. The summed E-state index contributed by atoms with van der Waals surface area (Å²) >= 11 is 0. The van der Waals surface area contributed by atoms with E-state index in [0.29, 0.717) is 27.8 Å². The van der Waals surface area contributed by atoms with Gasteiger partial charge in [0, 0.05) is 41.8 Å². The summed E-state index contributed by atoms with van der Waals surface area (Å²) in [7, 11) is 1.86. The molecule has 0 atom stereocenters. The highest BCUT2D eigenvalue weighted by atomic mass is 19.1. The monoisotopic (exact) mass is 441 g/mol. The largest absolute Gasteiger partial charge is 0.424 e. The maximum atomic E-state index is 15.5. The first kappa shape index (κ1) is 20.4. The molecule has 0 radical (unpaired) electrons. The van der Waals surface area contributed by atoms with Gasteiger partial charge in [-0.2, -0.15) is 0 Å². The first-order valence-corrected chi connectivity index (χ1v) is 10.1. The molecule has 8 nitrogen and oxygen atoms in total. The molecule has 0 spiro atoms. The summed E-state index contributed by atoms with van der Waals surface area (Å²) in [6.07, 6.45) is 2.98. The van der Waals surface area contributed by atoms with Crippen LogP contribution in [-0.2, 0) is 7.05 Å². The average molecular weight is 441 g/mol. The molecular weight excluding hydrogens is 421 g/mol. The van der Waals surface area contributed by atoms with Gasteiger partial charge in [-0.1, -0.05) is 12.1 Å². The SMILES string of the molecule is Cc1ccnc(Oc2ccc(-c3c(-c4ccc(N)cc4)n(C)c4ncnc(N)c34)c(F)c2)n1. The summed E-state index contributed by atoms with van der Waals surface area (Å²) in [6.45, 7) is 1.82. The van der Waals surface area contributed by atoms with Gasteiger partial charge in [-0.15, -0.1) is 0 Å². The first-order chi connectivity index (χ1) is 15.9. The molecule has 5 rings (SSSR count). The molecule has 3 aromatic heterocycles. The fourth-order valence-corrected chi connectivity index (χ4v) is 3.86. The van der Waals surface area contributed by atoms with Crippen LogP contribution in [0.5, 0.6) is 11.8 Å². The zero-order chi connectivity index (χ0) is 23.1. The Kier molecular flexibility index (Phi) is 4.86. The molecule has 0 aliphatic rings. The summed E-state index contributed by atoms with van der Waals surface area (Å²) in [4.78, 5) is 16.8. The number of benzene rings is 2. The van der Waals surface area contributed by atoms with E-state index in [-0.39, 0.29) is 17.6 Å². The van der Waals surface area contributed by atoms with Crippen LogP contribution in [0.25, 0.3) is 33.4 Å². The second-order valence-corrected chi connectivity index (χ2v) is 7.59. The lowest BCUT2D eigenvalue weighted by atomic mass is 9.98. The number of halogens is 1. The summed E-state index contributed by atoms with van der Waals surface area (Å²) in [5.41, 5.74) is 16.6. The number of rotatable bonds is 4. The summed E-state index contributed by atoms with van der Waals surface area (Å²) in [5, 5.41) is 0.571. The second-order valence-electron chi connectivity index (χ2n) is 7.59. The number of aromatic nitrogens is 5. The molecule has 0 aliphatic carbocycles. The van der Waals surface area contributed by atoms with Crippen LogP contribution >= 0.6 is 0 Å². The van der Waals surface area contributed by atoms with Crippen LogP contribution in [0.4, 0.5) is 15.9 Å².